The van der Waals surface area contributed by atoms with Gasteiger partial charge in [-0.05, 0) is 27.2 Å². The molecule has 0 aliphatic carbocycles. The summed E-state index contributed by atoms with van der Waals surface area (Å²) in [5.41, 5.74) is 3.56. The van der Waals surface area contributed by atoms with Crippen LogP contribution in [0.3, 0.4) is 0 Å². The van der Waals surface area contributed by atoms with Crippen LogP contribution in [0.25, 0.3) is 4.96 Å². The van der Waals surface area contributed by atoms with Crippen molar-refractivity contribution >= 4 is 27.1 Å². The molecule has 2 aromatic heterocycles. The summed E-state index contributed by atoms with van der Waals surface area (Å²) >= 11 is 1.68. The Morgan fingerprint density at radius 2 is 2.26 bits per heavy atom. The zero-order chi connectivity index (χ0) is 14.0. The second-order valence-corrected chi connectivity index (χ2v) is 7.38. The number of nitrogens with one attached hydrogen (secondary N) is 1. The van der Waals surface area contributed by atoms with E-state index in [0.29, 0.717) is 6.04 Å². The fraction of sp³-hybridized carbons (Fsp3) is 0.615. The lowest BCUT2D eigenvalue weighted by molar-refractivity contribution is 0.527. The molecule has 0 aliphatic heterocycles. The largest absolute Gasteiger partial charge is 0.309 e. The Kier molecular flexibility index (Phi) is 4.76. The van der Waals surface area contributed by atoms with E-state index in [1.54, 1.807) is 17.6 Å². The maximum atomic E-state index is 11.1. The average Bonchev–Trinajstić information content (AvgIpc) is 2.84. The van der Waals surface area contributed by atoms with E-state index in [1.165, 1.54) is 11.4 Å². The number of thiazole rings is 1. The van der Waals surface area contributed by atoms with Gasteiger partial charge in [-0.15, -0.1) is 11.3 Å². The zero-order valence-corrected chi connectivity index (χ0v) is 13.5. The van der Waals surface area contributed by atoms with Crippen molar-refractivity contribution in [1.82, 2.24) is 14.7 Å². The molecule has 2 rings (SSSR count). The number of rotatable bonds is 6. The lowest BCUT2D eigenvalue weighted by Gasteiger charge is -2.13. The molecule has 2 aromatic rings. The minimum Gasteiger partial charge on any atom is -0.309 e. The number of nitrogens with zero attached hydrogens (tertiary/aromatic N) is 2. The standard InChI is InChI=1S/C13H21N3OS2/c1-9(5-6-19(4)17)14-7-12-11(3)15-13-16(12)10(2)8-18-13/h8-9,14H,5-7H2,1-4H3. The van der Waals surface area contributed by atoms with Crippen LogP contribution in [0.5, 0.6) is 0 Å². The Bertz CT molecular complexity index is 588. The zero-order valence-electron chi connectivity index (χ0n) is 11.9. The molecule has 0 aromatic carbocycles. The monoisotopic (exact) mass is 299 g/mol. The first-order chi connectivity index (χ1) is 8.99. The minimum absolute atomic E-state index is 0.368. The van der Waals surface area contributed by atoms with Gasteiger partial charge in [0.1, 0.15) is 0 Å². The van der Waals surface area contributed by atoms with Crippen LogP contribution in [-0.2, 0) is 17.3 Å². The van der Waals surface area contributed by atoms with Gasteiger partial charge >= 0.3 is 0 Å². The first-order valence-electron chi connectivity index (χ1n) is 6.44. The Labute approximate surface area is 120 Å². The van der Waals surface area contributed by atoms with Gasteiger partial charge in [0.05, 0.1) is 11.4 Å². The number of aromatic nitrogens is 2. The molecule has 0 amide bonds. The van der Waals surface area contributed by atoms with Crippen molar-refractivity contribution in [1.29, 1.82) is 0 Å². The maximum absolute atomic E-state index is 11.1. The summed E-state index contributed by atoms with van der Waals surface area (Å²) in [4.78, 5) is 5.64. The van der Waals surface area contributed by atoms with Crippen molar-refractivity contribution in [2.75, 3.05) is 12.0 Å². The summed E-state index contributed by atoms with van der Waals surface area (Å²) in [6.07, 6.45) is 2.69. The van der Waals surface area contributed by atoms with E-state index in [2.05, 4.69) is 40.9 Å². The van der Waals surface area contributed by atoms with Crippen LogP contribution in [0.1, 0.15) is 30.4 Å². The first-order valence-corrected chi connectivity index (χ1v) is 9.05. The third-order valence-electron chi connectivity index (χ3n) is 3.29. The normalized spacial score (nSPS) is 14.9. The average molecular weight is 299 g/mol. The van der Waals surface area contributed by atoms with Gasteiger partial charge in [-0.25, -0.2) is 4.98 Å². The molecular formula is C13H21N3OS2. The van der Waals surface area contributed by atoms with Gasteiger partial charge in [-0.2, -0.15) is 0 Å². The van der Waals surface area contributed by atoms with E-state index in [-0.39, 0.29) is 0 Å². The summed E-state index contributed by atoms with van der Waals surface area (Å²) in [7, 11) is -0.706. The highest BCUT2D eigenvalue weighted by atomic mass is 32.2. The van der Waals surface area contributed by atoms with E-state index in [0.717, 1.165) is 29.4 Å². The summed E-state index contributed by atoms with van der Waals surface area (Å²) in [5.74, 6) is 0.756. The highest BCUT2D eigenvalue weighted by molar-refractivity contribution is 7.84. The van der Waals surface area contributed by atoms with E-state index < -0.39 is 10.8 Å². The molecular weight excluding hydrogens is 278 g/mol. The molecule has 0 radical (unpaired) electrons. The third kappa shape index (κ3) is 3.43. The molecule has 6 heteroatoms. The van der Waals surface area contributed by atoms with Gasteiger partial charge in [-0.1, -0.05) is 0 Å². The summed E-state index contributed by atoms with van der Waals surface area (Å²) < 4.78 is 13.3. The number of imidazole rings is 1. The molecule has 0 fully saturated rings. The van der Waals surface area contributed by atoms with Crippen LogP contribution in [0.15, 0.2) is 5.38 Å². The van der Waals surface area contributed by atoms with Crippen LogP contribution < -0.4 is 5.32 Å². The van der Waals surface area contributed by atoms with Crippen LogP contribution in [0, 0.1) is 13.8 Å². The smallest absolute Gasteiger partial charge is 0.194 e. The highest BCUT2D eigenvalue weighted by Gasteiger charge is 2.12. The Morgan fingerprint density at radius 3 is 2.95 bits per heavy atom. The van der Waals surface area contributed by atoms with E-state index >= 15 is 0 Å². The van der Waals surface area contributed by atoms with Gasteiger partial charge < -0.3 is 5.32 Å². The molecule has 0 bridgehead atoms. The fourth-order valence-corrected chi connectivity index (χ4v) is 3.71. The van der Waals surface area contributed by atoms with E-state index in [9.17, 15) is 4.21 Å². The Morgan fingerprint density at radius 1 is 1.53 bits per heavy atom. The Balaban J connectivity index is 2.03. The van der Waals surface area contributed by atoms with Crippen molar-refractivity contribution in [3.8, 4) is 0 Å². The van der Waals surface area contributed by atoms with E-state index in [4.69, 9.17) is 0 Å². The fourth-order valence-electron chi connectivity index (χ4n) is 2.09. The highest BCUT2D eigenvalue weighted by Crippen LogP contribution is 2.20. The lowest BCUT2D eigenvalue weighted by Crippen LogP contribution is -2.27. The molecule has 2 atom stereocenters. The van der Waals surface area contributed by atoms with Gasteiger partial charge in [-0.3, -0.25) is 8.61 Å². The van der Waals surface area contributed by atoms with Crippen molar-refractivity contribution < 1.29 is 4.21 Å². The molecule has 1 N–H and O–H groups in total. The van der Waals surface area contributed by atoms with Crippen LogP contribution in [0.4, 0.5) is 0 Å². The number of hydrogen-bond donors (Lipinski definition) is 1. The number of hydrogen-bond acceptors (Lipinski definition) is 4. The number of fused-ring (bicyclic) bond motifs is 1. The molecule has 106 valence electrons. The van der Waals surface area contributed by atoms with Gasteiger partial charge in [0.15, 0.2) is 4.96 Å². The molecule has 2 unspecified atom stereocenters. The third-order valence-corrected chi connectivity index (χ3v) is 5.04. The molecule has 0 saturated heterocycles. The van der Waals surface area contributed by atoms with Gasteiger partial charge in [0, 0.05) is 46.5 Å². The van der Waals surface area contributed by atoms with Crippen LogP contribution in [0.2, 0.25) is 0 Å². The summed E-state index contributed by atoms with van der Waals surface area (Å²) in [6, 6.07) is 0.368. The van der Waals surface area contributed by atoms with Crippen molar-refractivity contribution in [2.45, 2.75) is 39.8 Å². The predicted molar refractivity (Wildman–Crippen MR) is 82.4 cm³/mol. The SMILES string of the molecule is Cc1nc2scc(C)n2c1CNC(C)CCS(C)=O. The van der Waals surface area contributed by atoms with Crippen molar-refractivity contribution in [2.24, 2.45) is 0 Å². The van der Waals surface area contributed by atoms with Crippen molar-refractivity contribution in [3.05, 3.63) is 22.5 Å². The molecule has 19 heavy (non-hydrogen) atoms. The quantitative estimate of drug-likeness (QED) is 0.890. The first kappa shape index (κ1) is 14.7. The second-order valence-electron chi connectivity index (χ2n) is 4.99. The maximum Gasteiger partial charge on any atom is 0.194 e. The molecule has 0 saturated carbocycles. The minimum atomic E-state index is -0.706. The molecule has 2 heterocycles. The number of aryl methyl sites for hydroxylation is 2. The van der Waals surface area contributed by atoms with Crippen LogP contribution >= 0.6 is 11.3 Å². The van der Waals surface area contributed by atoms with Crippen molar-refractivity contribution in [3.63, 3.8) is 0 Å². The summed E-state index contributed by atoms with van der Waals surface area (Å²) in [5, 5.41) is 5.63. The Hall–Kier alpha value is -0.720. The topological polar surface area (TPSA) is 46.4 Å². The molecule has 0 aliphatic rings. The van der Waals surface area contributed by atoms with Gasteiger partial charge in [0.2, 0.25) is 0 Å². The van der Waals surface area contributed by atoms with E-state index in [1.807, 2.05) is 0 Å². The second kappa shape index (κ2) is 6.15. The predicted octanol–water partition coefficient (Wildman–Crippen LogP) is 2.26. The molecule has 4 nitrogen and oxygen atoms in total. The van der Waals surface area contributed by atoms with Crippen LogP contribution in [-0.4, -0.2) is 31.6 Å². The van der Waals surface area contributed by atoms with Gasteiger partial charge in [0.25, 0.3) is 0 Å². The molecule has 0 spiro atoms. The lowest BCUT2D eigenvalue weighted by atomic mass is 10.2. The summed E-state index contributed by atoms with van der Waals surface area (Å²) in [6.45, 7) is 7.11.